The Morgan fingerprint density at radius 2 is 2.05 bits per heavy atom. The van der Waals surface area contributed by atoms with Crippen molar-refractivity contribution in [3.63, 3.8) is 0 Å². The minimum Gasteiger partial charge on any atom is -0.352 e. The minimum atomic E-state index is -0.292. The molecular formula is C17H23FN2O2. The van der Waals surface area contributed by atoms with Crippen molar-refractivity contribution < 1.29 is 14.0 Å². The van der Waals surface area contributed by atoms with Gasteiger partial charge in [-0.3, -0.25) is 9.59 Å². The van der Waals surface area contributed by atoms with Gasteiger partial charge in [-0.1, -0.05) is 31.9 Å². The van der Waals surface area contributed by atoms with Crippen LogP contribution in [0, 0.1) is 11.7 Å². The molecule has 1 aliphatic heterocycles. The zero-order chi connectivity index (χ0) is 15.9. The van der Waals surface area contributed by atoms with Gasteiger partial charge in [-0.2, -0.15) is 0 Å². The van der Waals surface area contributed by atoms with Gasteiger partial charge >= 0.3 is 0 Å². The summed E-state index contributed by atoms with van der Waals surface area (Å²) in [5, 5.41) is 2.83. The van der Waals surface area contributed by atoms with Crippen molar-refractivity contribution in [1.29, 1.82) is 0 Å². The standard InChI is InChI=1S/C17H23FN2O2/c1-2-3-4-9-20-12-14(10-16(20)21)17(22)19-11-13-5-7-15(18)8-6-13/h5-8,14H,2-4,9-12H2,1H3,(H,19,22). The maximum Gasteiger partial charge on any atom is 0.225 e. The van der Waals surface area contributed by atoms with E-state index in [2.05, 4.69) is 12.2 Å². The van der Waals surface area contributed by atoms with E-state index in [1.165, 1.54) is 12.1 Å². The summed E-state index contributed by atoms with van der Waals surface area (Å²) in [6, 6.07) is 6.03. The van der Waals surface area contributed by atoms with Crippen LogP contribution in [0.15, 0.2) is 24.3 Å². The summed E-state index contributed by atoms with van der Waals surface area (Å²) < 4.78 is 12.8. The Labute approximate surface area is 130 Å². The lowest BCUT2D eigenvalue weighted by Crippen LogP contribution is -2.32. The van der Waals surface area contributed by atoms with Crippen LogP contribution in [0.2, 0.25) is 0 Å². The normalized spacial score (nSPS) is 17.8. The number of unbranched alkanes of at least 4 members (excludes halogenated alkanes) is 2. The Hall–Kier alpha value is -1.91. The van der Waals surface area contributed by atoms with Gasteiger partial charge in [0.25, 0.3) is 0 Å². The molecule has 0 radical (unpaired) electrons. The van der Waals surface area contributed by atoms with Gasteiger partial charge in [0.2, 0.25) is 11.8 Å². The Morgan fingerprint density at radius 1 is 1.32 bits per heavy atom. The summed E-state index contributed by atoms with van der Waals surface area (Å²) in [5.41, 5.74) is 0.846. The molecule has 1 saturated heterocycles. The maximum absolute atomic E-state index is 12.8. The largest absolute Gasteiger partial charge is 0.352 e. The molecule has 1 atom stereocenters. The first-order chi connectivity index (χ1) is 10.6. The van der Waals surface area contributed by atoms with Crippen LogP contribution in [0.1, 0.15) is 38.2 Å². The number of nitrogens with zero attached hydrogens (tertiary/aromatic N) is 1. The zero-order valence-corrected chi connectivity index (χ0v) is 13.0. The van der Waals surface area contributed by atoms with Crippen molar-refractivity contribution in [3.8, 4) is 0 Å². The number of nitrogens with one attached hydrogen (secondary N) is 1. The number of carbonyl (C=O) groups is 2. The molecule has 2 amide bonds. The fraction of sp³-hybridized carbons (Fsp3) is 0.529. The highest BCUT2D eigenvalue weighted by Gasteiger charge is 2.33. The molecule has 2 rings (SSSR count). The van der Waals surface area contributed by atoms with Gasteiger partial charge in [0.1, 0.15) is 5.82 Å². The van der Waals surface area contributed by atoms with E-state index in [0.29, 0.717) is 19.5 Å². The van der Waals surface area contributed by atoms with Crippen LogP contribution in [0.3, 0.4) is 0 Å². The highest BCUT2D eigenvalue weighted by molar-refractivity contribution is 5.89. The van der Waals surface area contributed by atoms with E-state index in [0.717, 1.165) is 31.4 Å². The van der Waals surface area contributed by atoms with Gasteiger partial charge in [-0.15, -0.1) is 0 Å². The Balaban J connectivity index is 1.78. The molecule has 1 aromatic rings. The molecule has 1 N–H and O–H groups in total. The number of hydrogen-bond acceptors (Lipinski definition) is 2. The van der Waals surface area contributed by atoms with Crippen LogP contribution in [0.5, 0.6) is 0 Å². The molecule has 0 aliphatic carbocycles. The fourth-order valence-corrected chi connectivity index (χ4v) is 2.65. The highest BCUT2D eigenvalue weighted by atomic mass is 19.1. The third-order valence-corrected chi connectivity index (χ3v) is 4.00. The van der Waals surface area contributed by atoms with E-state index in [1.54, 1.807) is 17.0 Å². The lowest BCUT2D eigenvalue weighted by atomic mass is 10.1. The van der Waals surface area contributed by atoms with Crippen molar-refractivity contribution in [2.45, 2.75) is 39.2 Å². The molecule has 0 bridgehead atoms. The molecule has 1 heterocycles. The van der Waals surface area contributed by atoms with Crippen LogP contribution in [-0.4, -0.2) is 29.8 Å². The number of rotatable bonds is 7. The monoisotopic (exact) mass is 306 g/mol. The molecule has 1 aromatic carbocycles. The van der Waals surface area contributed by atoms with E-state index in [9.17, 15) is 14.0 Å². The SMILES string of the molecule is CCCCCN1CC(C(=O)NCc2ccc(F)cc2)CC1=O. The summed E-state index contributed by atoms with van der Waals surface area (Å²) in [5.74, 6) is -0.595. The van der Waals surface area contributed by atoms with Gasteiger partial charge < -0.3 is 10.2 Å². The first-order valence-corrected chi connectivity index (χ1v) is 7.90. The van der Waals surface area contributed by atoms with Gasteiger partial charge in [0.05, 0.1) is 5.92 Å². The van der Waals surface area contributed by atoms with Crippen LogP contribution in [-0.2, 0) is 16.1 Å². The van der Waals surface area contributed by atoms with E-state index in [1.807, 2.05) is 0 Å². The molecule has 1 fully saturated rings. The van der Waals surface area contributed by atoms with Gasteiger partial charge in [0.15, 0.2) is 0 Å². The van der Waals surface area contributed by atoms with Crippen LogP contribution in [0.4, 0.5) is 4.39 Å². The summed E-state index contributed by atoms with van der Waals surface area (Å²) in [7, 11) is 0. The second kappa shape index (κ2) is 7.92. The number of carbonyl (C=O) groups excluding carboxylic acids is 2. The molecular weight excluding hydrogens is 283 g/mol. The average molecular weight is 306 g/mol. The van der Waals surface area contributed by atoms with Crippen molar-refractivity contribution in [2.24, 2.45) is 5.92 Å². The molecule has 1 aliphatic rings. The maximum atomic E-state index is 12.8. The second-order valence-electron chi connectivity index (χ2n) is 5.79. The number of hydrogen-bond donors (Lipinski definition) is 1. The third kappa shape index (κ3) is 4.55. The molecule has 4 nitrogen and oxygen atoms in total. The van der Waals surface area contributed by atoms with Crippen molar-refractivity contribution in [2.75, 3.05) is 13.1 Å². The Kier molecular flexibility index (Phi) is 5.92. The van der Waals surface area contributed by atoms with Crippen molar-refractivity contribution in [1.82, 2.24) is 10.2 Å². The summed E-state index contributed by atoms with van der Waals surface area (Å²) in [4.78, 5) is 25.8. The van der Waals surface area contributed by atoms with E-state index < -0.39 is 0 Å². The molecule has 0 aromatic heterocycles. The molecule has 1 unspecified atom stereocenters. The fourth-order valence-electron chi connectivity index (χ4n) is 2.65. The number of amides is 2. The van der Waals surface area contributed by atoms with Crippen LogP contribution >= 0.6 is 0 Å². The highest BCUT2D eigenvalue weighted by Crippen LogP contribution is 2.19. The predicted molar refractivity (Wildman–Crippen MR) is 82.5 cm³/mol. The van der Waals surface area contributed by atoms with Gasteiger partial charge in [-0.05, 0) is 24.1 Å². The smallest absolute Gasteiger partial charge is 0.225 e. The van der Waals surface area contributed by atoms with Crippen LogP contribution < -0.4 is 5.32 Å². The van der Waals surface area contributed by atoms with Crippen molar-refractivity contribution in [3.05, 3.63) is 35.6 Å². The Morgan fingerprint density at radius 3 is 2.73 bits per heavy atom. The molecule has 120 valence electrons. The zero-order valence-electron chi connectivity index (χ0n) is 13.0. The quantitative estimate of drug-likeness (QED) is 0.787. The van der Waals surface area contributed by atoms with Crippen molar-refractivity contribution >= 4 is 11.8 Å². The summed E-state index contributed by atoms with van der Waals surface area (Å²) in [6.45, 7) is 3.74. The lowest BCUT2D eigenvalue weighted by molar-refractivity contribution is -0.129. The van der Waals surface area contributed by atoms with Gasteiger partial charge in [-0.25, -0.2) is 4.39 Å². The van der Waals surface area contributed by atoms with E-state index >= 15 is 0 Å². The number of halogens is 1. The molecule has 5 heteroatoms. The first-order valence-electron chi connectivity index (χ1n) is 7.90. The molecule has 0 saturated carbocycles. The Bertz CT molecular complexity index is 516. The number of benzene rings is 1. The molecule has 22 heavy (non-hydrogen) atoms. The van der Waals surface area contributed by atoms with Gasteiger partial charge in [0, 0.05) is 26.1 Å². The third-order valence-electron chi connectivity index (χ3n) is 4.00. The molecule has 0 spiro atoms. The average Bonchev–Trinajstić information content (AvgIpc) is 2.88. The first kappa shape index (κ1) is 16.5. The second-order valence-corrected chi connectivity index (χ2v) is 5.79. The minimum absolute atomic E-state index is 0.0676. The summed E-state index contributed by atoms with van der Waals surface area (Å²) in [6.07, 6.45) is 3.50. The topological polar surface area (TPSA) is 49.4 Å². The van der Waals surface area contributed by atoms with E-state index in [4.69, 9.17) is 0 Å². The van der Waals surface area contributed by atoms with E-state index in [-0.39, 0.29) is 23.5 Å². The lowest BCUT2D eigenvalue weighted by Gasteiger charge is -2.16. The predicted octanol–water partition coefficient (Wildman–Crippen LogP) is 2.48. The van der Waals surface area contributed by atoms with Crippen LogP contribution in [0.25, 0.3) is 0 Å². The number of likely N-dealkylation sites (tertiary alicyclic amines) is 1. The summed E-state index contributed by atoms with van der Waals surface area (Å²) >= 11 is 0.